The number of aromatic nitrogens is 2. The van der Waals surface area contributed by atoms with Crippen LogP contribution in [0.25, 0.3) is 0 Å². The monoisotopic (exact) mass is 506 g/mol. The molecular weight excluding hydrogens is 480 g/mol. The lowest BCUT2D eigenvalue weighted by Gasteiger charge is -2.14. The minimum Gasteiger partial charge on any atom is -0.485 e. The Bertz CT molecular complexity index is 1450. The Balaban J connectivity index is 1.37. The molecule has 0 saturated heterocycles. The third kappa shape index (κ3) is 6.08. The SMILES string of the molecule is Cc1ccc(C(C)C)c(OCc2ccc(C(=O)Nc3ccc(S(=O)(=O)Nc4ncccn4)cc3)o2)c1. The zero-order chi connectivity index (χ0) is 25.7. The van der Waals surface area contributed by atoms with Crippen molar-refractivity contribution in [1.82, 2.24) is 9.97 Å². The lowest BCUT2D eigenvalue weighted by molar-refractivity contribution is 0.0992. The highest BCUT2D eigenvalue weighted by molar-refractivity contribution is 7.92. The number of hydrogen-bond donors (Lipinski definition) is 2. The molecule has 0 fully saturated rings. The number of rotatable bonds is 9. The van der Waals surface area contributed by atoms with Gasteiger partial charge in [-0.1, -0.05) is 26.0 Å². The van der Waals surface area contributed by atoms with Gasteiger partial charge in [-0.15, -0.1) is 0 Å². The second-order valence-electron chi connectivity index (χ2n) is 8.41. The Labute approximate surface area is 209 Å². The molecule has 186 valence electrons. The number of benzene rings is 2. The number of anilines is 2. The Morgan fingerprint density at radius 1 is 1.03 bits per heavy atom. The van der Waals surface area contributed by atoms with Gasteiger partial charge in [0, 0.05) is 18.1 Å². The van der Waals surface area contributed by atoms with Gasteiger partial charge in [0.2, 0.25) is 5.95 Å². The van der Waals surface area contributed by atoms with E-state index in [0.29, 0.717) is 17.4 Å². The molecular formula is C26H26N4O5S. The largest absolute Gasteiger partial charge is 0.485 e. The van der Waals surface area contributed by atoms with Crippen LogP contribution in [0.15, 0.2) is 82.4 Å². The fourth-order valence-corrected chi connectivity index (χ4v) is 4.37. The van der Waals surface area contributed by atoms with Crippen LogP contribution in [0.5, 0.6) is 5.75 Å². The molecule has 4 rings (SSSR count). The molecule has 36 heavy (non-hydrogen) atoms. The van der Waals surface area contributed by atoms with Crippen molar-refractivity contribution in [3.05, 3.63) is 95.7 Å². The highest BCUT2D eigenvalue weighted by Crippen LogP contribution is 2.28. The van der Waals surface area contributed by atoms with Crippen molar-refractivity contribution in [2.75, 3.05) is 10.0 Å². The molecule has 9 nitrogen and oxygen atoms in total. The molecule has 0 atom stereocenters. The molecule has 0 saturated carbocycles. The first-order valence-corrected chi connectivity index (χ1v) is 12.7. The molecule has 4 aromatic rings. The van der Waals surface area contributed by atoms with Crippen molar-refractivity contribution >= 4 is 27.6 Å². The van der Waals surface area contributed by atoms with E-state index in [9.17, 15) is 13.2 Å². The van der Waals surface area contributed by atoms with Gasteiger partial charge in [0.05, 0.1) is 4.90 Å². The standard InChI is InChI=1S/C26H26N4O5S/c1-17(2)22-11-5-18(3)15-24(22)34-16-20-8-12-23(35-20)25(31)29-19-6-9-21(10-7-19)36(32,33)30-26-27-13-4-14-28-26/h4-15,17H,16H2,1-3H3,(H,29,31)(H,27,28,30). The van der Waals surface area contributed by atoms with E-state index < -0.39 is 15.9 Å². The molecule has 2 heterocycles. The first-order chi connectivity index (χ1) is 17.2. The molecule has 2 aromatic heterocycles. The van der Waals surface area contributed by atoms with Crippen LogP contribution < -0.4 is 14.8 Å². The van der Waals surface area contributed by atoms with Crippen LogP contribution >= 0.6 is 0 Å². The molecule has 2 N–H and O–H groups in total. The van der Waals surface area contributed by atoms with E-state index in [1.165, 1.54) is 36.7 Å². The lowest BCUT2D eigenvalue weighted by atomic mass is 10.0. The number of sulfonamides is 1. The van der Waals surface area contributed by atoms with Crippen LogP contribution in [-0.2, 0) is 16.6 Å². The van der Waals surface area contributed by atoms with Crippen molar-refractivity contribution in [3.63, 3.8) is 0 Å². The Kier molecular flexibility index (Phi) is 7.35. The van der Waals surface area contributed by atoms with Crippen molar-refractivity contribution in [2.24, 2.45) is 0 Å². The van der Waals surface area contributed by atoms with E-state index in [4.69, 9.17) is 9.15 Å². The van der Waals surface area contributed by atoms with Crippen molar-refractivity contribution in [3.8, 4) is 5.75 Å². The summed E-state index contributed by atoms with van der Waals surface area (Å²) in [5, 5.41) is 2.69. The maximum atomic E-state index is 12.6. The van der Waals surface area contributed by atoms with Crippen molar-refractivity contribution in [2.45, 2.75) is 38.2 Å². The van der Waals surface area contributed by atoms with Gasteiger partial charge in [0.25, 0.3) is 15.9 Å². The highest BCUT2D eigenvalue weighted by atomic mass is 32.2. The lowest BCUT2D eigenvalue weighted by Crippen LogP contribution is -2.15. The quantitative estimate of drug-likeness (QED) is 0.322. The summed E-state index contributed by atoms with van der Waals surface area (Å²) in [4.78, 5) is 20.3. The van der Waals surface area contributed by atoms with Gasteiger partial charge in [-0.3, -0.25) is 4.79 Å². The number of carbonyl (C=O) groups excluding carboxylic acids is 1. The summed E-state index contributed by atoms with van der Waals surface area (Å²) in [5.41, 5.74) is 2.60. The number of hydrogen-bond acceptors (Lipinski definition) is 7. The van der Waals surface area contributed by atoms with E-state index >= 15 is 0 Å². The van der Waals surface area contributed by atoms with E-state index in [0.717, 1.165) is 16.9 Å². The molecule has 0 bridgehead atoms. The van der Waals surface area contributed by atoms with Crippen molar-refractivity contribution in [1.29, 1.82) is 0 Å². The van der Waals surface area contributed by atoms with Crippen LogP contribution in [0.2, 0.25) is 0 Å². The van der Waals surface area contributed by atoms with Crippen LogP contribution in [0.3, 0.4) is 0 Å². The van der Waals surface area contributed by atoms with Gasteiger partial charge in [-0.2, -0.15) is 0 Å². The molecule has 2 aromatic carbocycles. The number of ether oxygens (including phenoxy) is 1. The zero-order valence-electron chi connectivity index (χ0n) is 20.1. The van der Waals surface area contributed by atoms with Gasteiger partial charge in [0.15, 0.2) is 5.76 Å². The molecule has 0 aliphatic carbocycles. The minimum atomic E-state index is -3.87. The molecule has 0 aliphatic heterocycles. The predicted molar refractivity (Wildman–Crippen MR) is 136 cm³/mol. The molecule has 10 heteroatoms. The van der Waals surface area contributed by atoms with E-state index in [2.05, 4.69) is 39.9 Å². The summed E-state index contributed by atoms with van der Waals surface area (Å²) in [5.74, 6) is 1.22. The molecule has 0 radical (unpaired) electrons. The van der Waals surface area contributed by atoms with E-state index in [1.54, 1.807) is 18.2 Å². The molecule has 0 unspecified atom stereocenters. The summed E-state index contributed by atoms with van der Waals surface area (Å²) < 4.78 is 38.9. The number of nitrogens with zero attached hydrogens (tertiary/aromatic N) is 2. The number of amides is 1. The predicted octanol–water partition coefficient (Wildman–Crippen LogP) is 5.13. The number of aryl methyl sites for hydroxylation is 1. The maximum absolute atomic E-state index is 12.6. The molecule has 1 amide bonds. The Hall–Kier alpha value is -4.18. The summed E-state index contributed by atoms with van der Waals surface area (Å²) in [6, 6.07) is 16.6. The fourth-order valence-electron chi connectivity index (χ4n) is 3.41. The summed E-state index contributed by atoms with van der Waals surface area (Å²) in [6.45, 7) is 6.38. The summed E-state index contributed by atoms with van der Waals surface area (Å²) in [7, 11) is -3.87. The molecule has 0 aliphatic rings. The highest BCUT2D eigenvalue weighted by Gasteiger charge is 2.17. The summed E-state index contributed by atoms with van der Waals surface area (Å²) in [6.07, 6.45) is 2.86. The smallest absolute Gasteiger partial charge is 0.291 e. The van der Waals surface area contributed by atoms with Gasteiger partial charge in [-0.25, -0.2) is 23.1 Å². The summed E-state index contributed by atoms with van der Waals surface area (Å²) >= 11 is 0. The van der Waals surface area contributed by atoms with Crippen LogP contribution in [0.1, 0.15) is 47.2 Å². The number of carbonyl (C=O) groups is 1. The van der Waals surface area contributed by atoms with Crippen LogP contribution in [-0.4, -0.2) is 24.3 Å². The third-order valence-electron chi connectivity index (χ3n) is 5.26. The normalized spacial score (nSPS) is 11.3. The van der Waals surface area contributed by atoms with E-state index in [1.807, 2.05) is 19.1 Å². The first kappa shape index (κ1) is 24.9. The van der Waals surface area contributed by atoms with Gasteiger partial charge < -0.3 is 14.5 Å². The topological polar surface area (TPSA) is 123 Å². The van der Waals surface area contributed by atoms with Gasteiger partial charge >= 0.3 is 0 Å². The third-order valence-corrected chi connectivity index (χ3v) is 6.60. The maximum Gasteiger partial charge on any atom is 0.291 e. The van der Waals surface area contributed by atoms with Crippen LogP contribution in [0, 0.1) is 6.92 Å². The van der Waals surface area contributed by atoms with Gasteiger partial charge in [-0.05, 0) is 72.5 Å². The first-order valence-electron chi connectivity index (χ1n) is 11.2. The second kappa shape index (κ2) is 10.6. The Morgan fingerprint density at radius 3 is 2.44 bits per heavy atom. The number of furan rings is 1. The zero-order valence-corrected chi connectivity index (χ0v) is 20.9. The Morgan fingerprint density at radius 2 is 1.75 bits per heavy atom. The number of nitrogens with one attached hydrogen (secondary N) is 2. The minimum absolute atomic E-state index is 0.00213. The van der Waals surface area contributed by atoms with Crippen LogP contribution in [0.4, 0.5) is 11.6 Å². The van der Waals surface area contributed by atoms with Gasteiger partial charge in [0.1, 0.15) is 18.1 Å². The average Bonchev–Trinajstić information content (AvgIpc) is 3.33. The van der Waals surface area contributed by atoms with E-state index in [-0.39, 0.29) is 23.2 Å². The average molecular weight is 507 g/mol. The van der Waals surface area contributed by atoms with Crippen molar-refractivity contribution < 1.29 is 22.4 Å². The molecule has 0 spiro atoms. The fraction of sp³-hybridized carbons (Fsp3) is 0.192. The second-order valence-corrected chi connectivity index (χ2v) is 10.1.